The summed E-state index contributed by atoms with van der Waals surface area (Å²) in [6.45, 7) is 0. The van der Waals surface area contributed by atoms with Crippen molar-refractivity contribution in [1.29, 1.82) is 0 Å². The number of halogens is 1. The number of hydrogen-bond acceptors (Lipinski definition) is 4. The van der Waals surface area contributed by atoms with Gasteiger partial charge in [0.15, 0.2) is 5.78 Å². The Bertz CT molecular complexity index is 1430. The fourth-order valence-electron chi connectivity index (χ4n) is 4.41. The van der Waals surface area contributed by atoms with Crippen LogP contribution < -0.4 is 5.32 Å². The number of fused-ring (bicyclic) bond motifs is 4. The standard InChI is InChI=1S/C24H14ClN3O2/c25-14-7-5-6-13(12-14)21-19-20(23(30)16-9-2-1-8-15(16)22(19)29)27-24-26-17-10-3-4-11-18(17)28(21)24/h1-12,21H,(H,26,27). The Kier molecular flexibility index (Phi) is 3.52. The molecule has 1 aliphatic carbocycles. The molecule has 0 saturated carbocycles. The molecule has 6 heteroatoms. The molecule has 0 bridgehead atoms. The van der Waals surface area contributed by atoms with Crippen molar-refractivity contribution >= 4 is 40.1 Å². The van der Waals surface area contributed by atoms with Gasteiger partial charge in [-0.05, 0) is 29.8 Å². The Hall–Kier alpha value is -3.70. The highest BCUT2D eigenvalue weighted by molar-refractivity contribution is 6.31. The van der Waals surface area contributed by atoms with Crippen molar-refractivity contribution in [2.75, 3.05) is 5.32 Å². The zero-order valence-electron chi connectivity index (χ0n) is 15.6. The number of ketones is 2. The number of rotatable bonds is 1. The van der Waals surface area contributed by atoms with Crippen molar-refractivity contribution in [2.45, 2.75) is 6.04 Å². The van der Waals surface area contributed by atoms with Crippen LogP contribution >= 0.6 is 11.6 Å². The third-order valence-electron chi connectivity index (χ3n) is 5.69. The number of nitrogens with one attached hydrogen (secondary N) is 1. The van der Waals surface area contributed by atoms with E-state index in [1.165, 1.54) is 0 Å². The van der Waals surface area contributed by atoms with Gasteiger partial charge in [-0.15, -0.1) is 0 Å². The number of Topliss-reactive ketones (excluding diaryl/α,β-unsaturated/α-hetero) is 2. The van der Waals surface area contributed by atoms with E-state index < -0.39 is 6.04 Å². The fourth-order valence-corrected chi connectivity index (χ4v) is 4.61. The average Bonchev–Trinajstić information content (AvgIpc) is 3.14. The largest absolute Gasteiger partial charge is 0.322 e. The summed E-state index contributed by atoms with van der Waals surface area (Å²) in [6.07, 6.45) is 0. The minimum atomic E-state index is -0.521. The molecule has 1 N–H and O–H groups in total. The first-order chi connectivity index (χ1) is 14.6. The van der Waals surface area contributed by atoms with Gasteiger partial charge in [-0.3, -0.25) is 14.2 Å². The molecule has 2 heterocycles. The summed E-state index contributed by atoms with van der Waals surface area (Å²) in [6, 6.07) is 21.5. The number of hydrogen-bond donors (Lipinski definition) is 1. The normalized spacial score (nSPS) is 17.4. The number of nitrogens with zero attached hydrogens (tertiary/aromatic N) is 2. The van der Waals surface area contributed by atoms with E-state index in [0.717, 1.165) is 16.6 Å². The molecule has 6 rings (SSSR count). The van der Waals surface area contributed by atoms with Crippen LogP contribution in [0.3, 0.4) is 0 Å². The van der Waals surface area contributed by atoms with Gasteiger partial charge in [-0.25, -0.2) is 4.98 Å². The van der Waals surface area contributed by atoms with Crippen molar-refractivity contribution in [3.63, 3.8) is 0 Å². The van der Waals surface area contributed by atoms with Crippen LogP contribution in [0.4, 0.5) is 5.95 Å². The first-order valence-corrected chi connectivity index (χ1v) is 9.93. The number of para-hydroxylation sites is 2. The van der Waals surface area contributed by atoms with Gasteiger partial charge in [0.05, 0.1) is 28.3 Å². The Morgan fingerprint density at radius 2 is 1.60 bits per heavy atom. The van der Waals surface area contributed by atoms with Gasteiger partial charge in [0, 0.05) is 16.1 Å². The SMILES string of the molecule is O=C1C2=C(C(=O)c3ccccc31)C(c1cccc(Cl)c1)n1c(nc3ccccc31)N2. The second-order valence-electron chi connectivity index (χ2n) is 7.37. The van der Waals surface area contributed by atoms with E-state index in [4.69, 9.17) is 11.6 Å². The molecule has 4 aromatic rings. The molecule has 1 aromatic heterocycles. The smallest absolute Gasteiger partial charge is 0.210 e. The molecule has 3 aromatic carbocycles. The van der Waals surface area contributed by atoms with Crippen molar-refractivity contribution in [1.82, 2.24) is 9.55 Å². The van der Waals surface area contributed by atoms with E-state index >= 15 is 0 Å². The summed E-state index contributed by atoms with van der Waals surface area (Å²) >= 11 is 6.30. The summed E-state index contributed by atoms with van der Waals surface area (Å²) in [5, 5.41) is 3.72. The summed E-state index contributed by atoms with van der Waals surface area (Å²) < 4.78 is 1.97. The van der Waals surface area contributed by atoms with Gasteiger partial charge in [-0.1, -0.05) is 60.1 Å². The number of carbonyl (C=O) groups is 2. The number of anilines is 1. The zero-order chi connectivity index (χ0) is 20.4. The van der Waals surface area contributed by atoms with E-state index in [-0.39, 0.29) is 17.3 Å². The van der Waals surface area contributed by atoms with Crippen LogP contribution in [0.2, 0.25) is 5.02 Å². The van der Waals surface area contributed by atoms with Crippen LogP contribution in [0, 0.1) is 0 Å². The minimum absolute atomic E-state index is 0.166. The quantitative estimate of drug-likeness (QED) is 0.476. The van der Waals surface area contributed by atoms with Gasteiger partial charge < -0.3 is 5.32 Å². The molecule has 0 spiro atoms. The highest BCUT2D eigenvalue weighted by atomic mass is 35.5. The van der Waals surface area contributed by atoms with E-state index in [0.29, 0.717) is 27.7 Å². The van der Waals surface area contributed by atoms with E-state index in [1.807, 2.05) is 47.0 Å². The first kappa shape index (κ1) is 17.2. The molecule has 0 saturated heterocycles. The lowest BCUT2D eigenvalue weighted by atomic mass is 9.81. The second kappa shape index (κ2) is 6.15. The van der Waals surface area contributed by atoms with Crippen molar-refractivity contribution in [2.24, 2.45) is 0 Å². The van der Waals surface area contributed by atoms with Crippen molar-refractivity contribution in [3.05, 3.63) is 106 Å². The van der Waals surface area contributed by atoms with E-state index in [9.17, 15) is 9.59 Å². The lowest BCUT2D eigenvalue weighted by molar-refractivity contribution is 0.0967. The number of carbonyl (C=O) groups excluding carboxylic acids is 2. The lowest BCUT2D eigenvalue weighted by Crippen LogP contribution is -2.35. The molecule has 0 amide bonds. The van der Waals surface area contributed by atoms with Gasteiger partial charge >= 0.3 is 0 Å². The summed E-state index contributed by atoms with van der Waals surface area (Å²) in [5.74, 6) is 0.159. The predicted molar refractivity (Wildman–Crippen MR) is 115 cm³/mol. The zero-order valence-corrected chi connectivity index (χ0v) is 16.4. The molecule has 5 nitrogen and oxygen atoms in total. The van der Waals surface area contributed by atoms with Crippen LogP contribution in [0.15, 0.2) is 84.1 Å². The topological polar surface area (TPSA) is 64.0 Å². The average molecular weight is 412 g/mol. The maximum absolute atomic E-state index is 13.6. The Morgan fingerprint density at radius 1 is 0.867 bits per heavy atom. The van der Waals surface area contributed by atoms with Crippen LogP contribution in [-0.4, -0.2) is 21.1 Å². The Morgan fingerprint density at radius 3 is 2.40 bits per heavy atom. The molecule has 30 heavy (non-hydrogen) atoms. The summed E-state index contributed by atoms with van der Waals surface area (Å²) in [5.41, 5.74) is 4.00. The summed E-state index contributed by atoms with van der Waals surface area (Å²) in [4.78, 5) is 31.6. The monoisotopic (exact) mass is 411 g/mol. The van der Waals surface area contributed by atoms with Gasteiger partial charge in [0.2, 0.25) is 11.7 Å². The molecule has 0 fully saturated rings. The molecule has 0 radical (unpaired) electrons. The summed E-state index contributed by atoms with van der Waals surface area (Å²) in [7, 11) is 0. The first-order valence-electron chi connectivity index (χ1n) is 9.55. The molecular formula is C24H14ClN3O2. The number of benzene rings is 3. The maximum atomic E-state index is 13.6. The molecular weight excluding hydrogens is 398 g/mol. The third-order valence-corrected chi connectivity index (χ3v) is 5.92. The van der Waals surface area contributed by atoms with E-state index in [1.54, 1.807) is 30.3 Å². The highest BCUT2D eigenvalue weighted by Crippen LogP contribution is 2.43. The van der Waals surface area contributed by atoms with Gasteiger partial charge in [0.1, 0.15) is 0 Å². The second-order valence-corrected chi connectivity index (χ2v) is 7.81. The molecule has 144 valence electrons. The van der Waals surface area contributed by atoms with Crippen LogP contribution in [0.5, 0.6) is 0 Å². The fraction of sp³-hybridized carbons (Fsp3) is 0.0417. The number of aromatic nitrogens is 2. The maximum Gasteiger partial charge on any atom is 0.210 e. The molecule has 1 atom stereocenters. The molecule has 1 unspecified atom stereocenters. The van der Waals surface area contributed by atoms with Crippen LogP contribution in [-0.2, 0) is 0 Å². The van der Waals surface area contributed by atoms with Gasteiger partial charge in [-0.2, -0.15) is 0 Å². The third kappa shape index (κ3) is 2.27. The number of imidazole rings is 1. The predicted octanol–water partition coefficient (Wildman–Crippen LogP) is 5.04. The van der Waals surface area contributed by atoms with Crippen LogP contribution in [0.1, 0.15) is 32.3 Å². The Balaban J connectivity index is 1.69. The molecule has 2 aliphatic rings. The van der Waals surface area contributed by atoms with Gasteiger partial charge in [0.25, 0.3) is 0 Å². The van der Waals surface area contributed by atoms with E-state index in [2.05, 4.69) is 10.3 Å². The Labute approximate surface area is 176 Å². The van der Waals surface area contributed by atoms with Crippen molar-refractivity contribution in [3.8, 4) is 0 Å². The lowest BCUT2D eigenvalue weighted by Gasteiger charge is -2.33. The highest BCUT2D eigenvalue weighted by Gasteiger charge is 2.42. The molecule has 1 aliphatic heterocycles. The number of allylic oxidation sites excluding steroid dienone is 2. The van der Waals surface area contributed by atoms with Crippen molar-refractivity contribution < 1.29 is 9.59 Å². The van der Waals surface area contributed by atoms with Crippen LogP contribution in [0.25, 0.3) is 11.0 Å². The minimum Gasteiger partial charge on any atom is -0.322 e.